The SMILES string of the molecule is O=C(CCC(=O)N1CC[NH+]([C@H]2CCS(=O)(=O)C2)CC1)c1ccccc1. The maximum atomic E-state index is 12.3. The van der Waals surface area contributed by atoms with Crippen LogP contribution in [0.25, 0.3) is 0 Å². The molecule has 0 aliphatic carbocycles. The van der Waals surface area contributed by atoms with Crippen molar-refractivity contribution in [3.63, 3.8) is 0 Å². The van der Waals surface area contributed by atoms with E-state index < -0.39 is 9.84 Å². The third-order valence-corrected chi connectivity index (χ3v) is 7.00. The van der Waals surface area contributed by atoms with Gasteiger partial charge in [0.2, 0.25) is 5.91 Å². The number of ketones is 1. The minimum atomic E-state index is -2.86. The second kappa shape index (κ2) is 7.66. The smallest absolute Gasteiger partial charge is 0.223 e. The van der Waals surface area contributed by atoms with Crippen LogP contribution in [-0.2, 0) is 14.6 Å². The molecular weight excluding hydrogens is 340 g/mol. The van der Waals surface area contributed by atoms with Gasteiger partial charge < -0.3 is 9.80 Å². The predicted molar refractivity (Wildman–Crippen MR) is 94.3 cm³/mol. The Bertz CT molecular complexity index is 725. The first-order valence-electron chi connectivity index (χ1n) is 8.86. The molecule has 2 aliphatic heterocycles. The van der Waals surface area contributed by atoms with Crippen LogP contribution >= 0.6 is 0 Å². The molecule has 2 aliphatic rings. The molecule has 0 bridgehead atoms. The standard InChI is InChI=1S/C18H24N2O4S/c21-17(15-4-2-1-3-5-15)6-7-18(22)20-11-9-19(10-12-20)16-8-13-25(23,24)14-16/h1-5,16H,6-14H2/p+1/t16-/m0/s1. The number of benzene rings is 1. The normalized spacial score (nSPS) is 23.5. The Morgan fingerprint density at radius 1 is 1.08 bits per heavy atom. The van der Waals surface area contributed by atoms with Gasteiger partial charge in [0.15, 0.2) is 15.6 Å². The minimum Gasteiger partial charge on any atom is -0.331 e. The van der Waals surface area contributed by atoms with Gasteiger partial charge in [-0.3, -0.25) is 9.59 Å². The number of carbonyl (C=O) groups excluding carboxylic acids is 2. The molecule has 0 radical (unpaired) electrons. The second-order valence-electron chi connectivity index (χ2n) is 6.93. The summed E-state index contributed by atoms with van der Waals surface area (Å²) in [6.45, 7) is 2.87. The van der Waals surface area contributed by atoms with Crippen molar-refractivity contribution in [1.82, 2.24) is 4.90 Å². The Labute approximate surface area is 148 Å². The zero-order valence-corrected chi connectivity index (χ0v) is 15.1. The number of Topliss-reactive ketones (excluding diaryl/α,β-unsaturated/α-hetero) is 1. The van der Waals surface area contributed by atoms with Gasteiger partial charge in [0.25, 0.3) is 0 Å². The van der Waals surface area contributed by atoms with E-state index in [0.29, 0.717) is 24.4 Å². The molecule has 0 aromatic heterocycles. The van der Waals surface area contributed by atoms with Crippen molar-refractivity contribution < 1.29 is 22.9 Å². The summed E-state index contributed by atoms with van der Waals surface area (Å²) in [5.41, 5.74) is 0.645. The molecule has 3 rings (SSSR count). The molecule has 1 atom stereocenters. The van der Waals surface area contributed by atoms with E-state index in [-0.39, 0.29) is 36.3 Å². The zero-order valence-electron chi connectivity index (χ0n) is 14.3. The van der Waals surface area contributed by atoms with Crippen molar-refractivity contribution in [2.45, 2.75) is 25.3 Å². The number of quaternary nitrogens is 1. The van der Waals surface area contributed by atoms with Crippen LogP contribution in [0.2, 0.25) is 0 Å². The number of piperazine rings is 1. The van der Waals surface area contributed by atoms with Gasteiger partial charge >= 0.3 is 0 Å². The lowest BCUT2D eigenvalue weighted by Gasteiger charge is -2.35. The van der Waals surface area contributed by atoms with E-state index in [2.05, 4.69) is 0 Å². The van der Waals surface area contributed by atoms with Gasteiger partial charge in [0, 0.05) is 24.8 Å². The quantitative estimate of drug-likeness (QED) is 0.718. The number of rotatable bonds is 5. The molecule has 6 nitrogen and oxygen atoms in total. The summed E-state index contributed by atoms with van der Waals surface area (Å²) >= 11 is 0. The fourth-order valence-corrected chi connectivity index (χ4v) is 5.54. The first kappa shape index (κ1) is 18.1. The lowest BCUT2D eigenvalue weighted by atomic mass is 10.1. The summed E-state index contributed by atoms with van der Waals surface area (Å²) in [7, 11) is -2.86. The average molecular weight is 365 g/mol. The molecule has 25 heavy (non-hydrogen) atoms. The molecular formula is C18H25N2O4S+. The van der Waals surface area contributed by atoms with Crippen LogP contribution in [0.4, 0.5) is 0 Å². The van der Waals surface area contributed by atoms with Crippen molar-refractivity contribution in [2.75, 3.05) is 37.7 Å². The van der Waals surface area contributed by atoms with E-state index >= 15 is 0 Å². The van der Waals surface area contributed by atoms with Gasteiger partial charge in [0.1, 0.15) is 11.8 Å². The Kier molecular flexibility index (Phi) is 5.54. The monoisotopic (exact) mass is 365 g/mol. The molecule has 2 saturated heterocycles. The van der Waals surface area contributed by atoms with E-state index in [9.17, 15) is 18.0 Å². The number of sulfone groups is 1. The summed E-state index contributed by atoms with van der Waals surface area (Å²) in [5, 5.41) is 0. The third kappa shape index (κ3) is 4.67. The Morgan fingerprint density at radius 3 is 2.36 bits per heavy atom. The summed E-state index contributed by atoms with van der Waals surface area (Å²) in [5.74, 6) is 0.588. The van der Waals surface area contributed by atoms with Crippen LogP contribution in [0.5, 0.6) is 0 Å². The van der Waals surface area contributed by atoms with Crippen molar-refractivity contribution >= 4 is 21.5 Å². The van der Waals surface area contributed by atoms with E-state index in [0.717, 1.165) is 19.5 Å². The van der Waals surface area contributed by atoms with Crippen molar-refractivity contribution in [3.8, 4) is 0 Å². The largest absolute Gasteiger partial charge is 0.331 e. The molecule has 1 amide bonds. The van der Waals surface area contributed by atoms with E-state index in [1.807, 2.05) is 23.1 Å². The Hall–Kier alpha value is -1.73. The Morgan fingerprint density at radius 2 is 1.76 bits per heavy atom. The molecule has 0 spiro atoms. The lowest BCUT2D eigenvalue weighted by Crippen LogP contribution is -3.18. The predicted octanol–water partition coefficient (Wildman–Crippen LogP) is -0.436. The Balaban J connectivity index is 1.43. The highest BCUT2D eigenvalue weighted by Crippen LogP contribution is 2.10. The van der Waals surface area contributed by atoms with E-state index in [1.165, 1.54) is 4.90 Å². The maximum Gasteiger partial charge on any atom is 0.223 e. The lowest BCUT2D eigenvalue weighted by molar-refractivity contribution is -0.925. The van der Waals surface area contributed by atoms with Crippen molar-refractivity contribution in [3.05, 3.63) is 35.9 Å². The maximum absolute atomic E-state index is 12.3. The van der Waals surface area contributed by atoms with Crippen LogP contribution in [0.1, 0.15) is 29.6 Å². The molecule has 1 aromatic carbocycles. The average Bonchev–Trinajstić information content (AvgIpc) is 3.00. The molecule has 2 heterocycles. The molecule has 0 saturated carbocycles. The van der Waals surface area contributed by atoms with Crippen LogP contribution < -0.4 is 4.90 Å². The highest BCUT2D eigenvalue weighted by Gasteiger charge is 2.37. The number of hydrogen-bond donors (Lipinski definition) is 1. The molecule has 2 fully saturated rings. The van der Waals surface area contributed by atoms with E-state index in [4.69, 9.17) is 0 Å². The first-order chi connectivity index (χ1) is 11.9. The molecule has 1 N–H and O–H groups in total. The van der Waals surface area contributed by atoms with Gasteiger partial charge in [-0.05, 0) is 0 Å². The van der Waals surface area contributed by atoms with Gasteiger partial charge in [-0.15, -0.1) is 0 Å². The summed E-state index contributed by atoms with van der Waals surface area (Å²) in [6.07, 6.45) is 1.20. The molecule has 0 unspecified atom stereocenters. The topological polar surface area (TPSA) is 76.0 Å². The van der Waals surface area contributed by atoms with Crippen LogP contribution in [0.15, 0.2) is 30.3 Å². The van der Waals surface area contributed by atoms with Crippen molar-refractivity contribution in [2.24, 2.45) is 0 Å². The second-order valence-corrected chi connectivity index (χ2v) is 9.16. The fourth-order valence-electron chi connectivity index (χ4n) is 3.72. The number of carbonyl (C=O) groups is 2. The first-order valence-corrected chi connectivity index (χ1v) is 10.7. The highest BCUT2D eigenvalue weighted by atomic mass is 32.2. The summed E-state index contributed by atoms with van der Waals surface area (Å²) in [6, 6.07) is 9.22. The summed E-state index contributed by atoms with van der Waals surface area (Å²) < 4.78 is 23.2. The summed E-state index contributed by atoms with van der Waals surface area (Å²) in [4.78, 5) is 27.5. The van der Waals surface area contributed by atoms with Gasteiger partial charge in [-0.1, -0.05) is 30.3 Å². The molecule has 136 valence electrons. The van der Waals surface area contributed by atoms with Gasteiger partial charge in [0.05, 0.1) is 31.9 Å². The van der Waals surface area contributed by atoms with Crippen LogP contribution in [0, 0.1) is 0 Å². The van der Waals surface area contributed by atoms with E-state index in [1.54, 1.807) is 12.1 Å². The molecule has 7 heteroatoms. The minimum absolute atomic E-state index is 0.00521. The van der Waals surface area contributed by atoms with Crippen molar-refractivity contribution in [1.29, 1.82) is 0 Å². The number of amides is 1. The highest BCUT2D eigenvalue weighted by molar-refractivity contribution is 7.91. The van der Waals surface area contributed by atoms with Crippen LogP contribution in [-0.4, -0.2) is 68.7 Å². The molecule has 1 aromatic rings. The third-order valence-electron chi connectivity index (χ3n) is 5.23. The van der Waals surface area contributed by atoms with Gasteiger partial charge in [-0.2, -0.15) is 0 Å². The van der Waals surface area contributed by atoms with Crippen LogP contribution in [0.3, 0.4) is 0 Å². The number of nitrogens with zero attached hydrogens (tertiary/aromatic N) is 1. The van der Waals surface area contributed by atoms with Gasteiger partial charge in [-0.25, -0.2) is 8.42 Å². The fraction of sp³-hybridized carbons (Fsp3) is 0.556. The zero-order chi connectivity index (χ0) is 17.9. The number of hydrogen-bond acceptors (Lipinski definition) is 4. The number of nitrogens with one attached hydrogen (secondary N) is 1.